The van der Waals surface area contributed by atoms with Gasteiger partial charge in [0.15, 0.2) is 5.82 Å². The van der Waals surface area contributed by atoms with Gasteiger partial charge < -0.3 is 14.7 Å². The topological polar surface area (TPSA) is 126 Å². The number of rotatable bonds is 4. The molecule has 180 valence electrons. The maximum Gasteiger partial charge on any atom is 0.351 e. The number of hydroxylamine groups is 2. The van der Waals surface area contributed by atoms with Crippen molar-refractivity contribution in [2.75, 3.05) is 6.61 Å². The minimum Gasteiger partial charge on any atom is -0.620 e. The third-order valence-electron chi connectivity index (χ3n) is 6.16. The van der Waals surface area contributed by atoms with Crippen molar-refractivity contribution in [3.8, 4) is 0 Å². The molecule has 36 heavy (non-hydrogen) atoms. The second-order valence-corrected chi connectivity index (χ2v) is 8.83. The van der Waals surface area contributed by atoms with Crippen molar-refractivity contribution in [2.45, 2.75) is 32.0 Å². The maximum absolute atomic E-state index is 12.4. The molecule has 3 aliphatic heterocycles. The third-order valence-corrected chi connectivity index (χ3v) is 6.16. The fourth-order valence-electron chi connectivity index (χ4n) is 4.36. The summed E-state index contributed by atoms with van der Waals surface area (Å²) in [6.07, 6.45) is 1.30. The number of quaternary nitrogens is 1. The Balaban J connectivity index is 1.21. The number of aromatic nitrogens is 2. The van der Waals surface area contributed by atoms with E-state index in [2.05, 4.69) is 24.9 Å². The van der Waals surface area contributed by atoms with E-state index in [9.17, 15) is 10.0 Å². The van der Waals surface area contributed by atoms with Crippen LogP contribution in [-0.4, -0.2) is 52.2 Å². The molecular weight excluding hydrogens is 460 g/mol. The summed E-state index contributed by atoms with van der Waals surface area (Å²) in [5.41, 5.74) is 2.96. The number of carbonyl (C=O) groups excluding carboxylic acids is 1. The van der Waals surface area contributed by atoms with Crippen molar-refractivity contribution in [2.24, 2.45) is 15.0 Å². The molecule has 0 aliphatic carbocycles. The van der Waals surface area contributed by atoms with E-state index in [1.54, 1.807) is 36.5 Å². The van der Waals surface area contributed by atoms with Gasteiger partial charge in [0.05, 0.1) is 23.2 Å². The van der Waals surface area contributed by atoms with Gasteiger partial charge in [0, 0.05) is 11.8 Å². The summed E-state index contributed by atoms with van der Waals surface area (Å²) in [7, 11) is 0. The zero-order chi connectivity index (χ0) is 24.8. The Labute approximate surface area is 206 Å². The molecule has 5 heterocycles. The maximum atomic E-state index is 12.4. The molecule has 0 fully saturated rings. The summed E-state index contributed by atoms with van der Waals surface area (Å²) in [4.78, 5) is 34.7. The Hall–Kier alpha value is -4.28. The minimum atomic E-state index is -0.619. The van der Waals surface area contributed by atoms with Crippen molar-refractivity contribution in [1.29, 1.82) is 0 Å². The van der Waals surface area contributed by atoms with Crippen LogP contribution < -0.4 is 5.06 Å². The van der Waals surface area contributed by atoms with Crippen molar-refractivity contribution in [3.63, 3.8) is 0 Å². The molecule has 4 atom stereocenters. The number of nitrogens with one attached hydrogen (secondary N) is 1. The molecule has 10 nitrogen and oxygen atoms in total. The summed E-state index contributed by atoms with van der Waals surface area (Å²) in [6.45, 7) is 4.49. The standard InChI is InChI=1S/C26H22N6O4/c1-14-13-35-24(28-14)19-8-5-9-20(30-19)25-29-15(2)22(36-25)16-10-11-21(27-12-16)31-23-17-6-3-4-7-18(17)26(33)32(23)34/h3-12,14-15,22,32H,13H2,1-2H3/b31-23-/t14-,15-,22?/m0/s1. The lowest BCUT2D eigenvalue weighted by Gasteiger charge is -2.15. The Morgan fingerprint density at radius 1 is 0.972 bits per heavy atom. The van der Waals surface area contributed by atoms with Crippen molar-refractivity contribution in [1.82, 2.24) is 9.97 Å². The van der Waals surface area contributed by atoms with Gasteiger partial charge in [-0.15, -0.1) is 0 Å². The van der Waals surface area contributed by atoms with Gasteiger partial charge >= 0.3 is 5.91 Å². The molecule has 2 aromatic heterocycles. The number of hydrogen-bond donors (Lipinski definition) is 1. The van der Waals surface area contributed by atoms with Crippen LogP contribution in [0.15, 0.2) is 75.8 Å². The number of amides is 1. The molecule has 0 saturated heterocycles. The van der Waals surface area contributed by atoms with Crippen LogP contribution in [0.25, 0.3) is 0 Å². The van der Waals surface area contributed by atoms with Gasteiger partial charge in [0.1, 0.15) is 24.1 Å². The second kappa shape index (κ2) is 8.74. The Morgan fingerprint density at radius 2 is 1.75 bits per heavy atom. The molecule has 3 aromatic rings. The molecule has 10 heteroatoms. The molecule has 1 N–H and O–H groups in total. The zero-order valence-corrected chi connectivity index (χ0v) is 19.6. The molecule has 0 radical (unpaired) electrons. The van der Waals surface area contributed by atoms with Crippen LogP contribution in [0.1, 0.15) is 52.8 Å². The van der Waals surface area contributed by atoms with E-state index < -0.39 is 11.0 Å². The van der Waals surface area contributed by atoms with Crippen LogP contribution in [0.2, 0.25) is 0 Å². The summed E-state index contributed by atoms with van der Waals surface area (Å²) < 4.78 is 11.8. The van der Waals surface area contributed by atoms with Gasteiger partial charge in [-0.1, -0.05) is 18.2 Å². The lowest BCUT2D eigenvalue weighted by Crippen LogP contribution is -3.10. The predicted octanol–water partition coefficient (Wildman–Crippen LogP) is 2.16. The number of carbonyl (C=O) groups is 1. The molecule has 1 amide bonds. The number of fused-ring (bicyclic) bond motifs is 1. The molecule has 0 spiro atoms. The van der Waals surface area contributed by atoms with Crippen LogP contribution in [0, 0.1) is 5.21 Å². The highest BCUT2D eigenvalue weighted by Gasteiger charge is 2.35. The molecule has 3 aliphatic rings. The van der Waals surface area contributed by atoms with E-state index in [-0.39, 0.29) is 24.0 Å². The number of amidine groups is 1. The SMILES string of the molecule is C[C@@H]1N=C(c2cccc(C3=N[C@@H](C)CO3)n2)OC1c1ccc(/N=C2/c3ccccc3C(=O)[NH+]2[O-])nc1. The van der Waals surface area contributed by atoms with Crippen LogP contribution in [0.4, 0.5) is 5.82 Å². The van der Waals surface area contributed by atoms with E-state index in [1.807, 2.05) is 38.1 Å². The quantitative estimate of drug-likeness (QED) is 0.568. The normalized spacial score (nSPS) is 25.9. The first kappa shape index (κ1) is 22.2. The van der Waals surface area contributed by atoms with Gasteiger partial charge in [-0.05, 0) is 50.2 Å². The van der Waals surface area contributed by atoms with E-state index in [0.717, 1.165) is 5.56 Å². The molecule has 0 bridgehead atoms. The number of nitrogens with zero attached hydrogens (tertiary/aromatic N) is 5. The van der Waals surface area contributed by atoms with Crippen LogP contribution in [-0.2, 0) is 9.47 Å². The summed E-state index contributed by atoms with van der Waals surface area (Å²) >= 11 is 0. The number of ether oxygens (including phenoxy) is 2. The van der Waals surface area contributed by atoms with E-state index in [0.29, 0.717) is 46.7 Å². The highest BCUT2D eigenvalue weighted by atomic mass is 16.5. The van der Waals surface area contributed by atoms with E-state index in [4.69, 9.17) is 9.47 Å². The van der Waals surface area contributed by atoms with E-state index in [1.165, 1.54) is 0 Å². The zero-order valence-electron chi connectivity index (χ0n) is 19.6. The summed E-state index contributed by atoms with van der Waals surface area (Å²) in [5.74, 6) is 0.871. The van der Waals surface area contributed by atoms with E-state index >= 15 is 0 Å². The molecule has 6 rings (SSSR count). The largest absolute Gasteiger partial charge is 0.620 e. The number of aliphatic imine (C=N–C) groups is 3. The van der Waals surface area contributed by atoms with Gasteiger partial charge in [0.25, 0.3) is 0 Å². The van der Waals surface area contributed by atoms with Crippen LogP contribution in [0.5, 0.6) is 0 Å². The fraction of sp³-hybridized carbons (Fsp3) is 0.231. The Bertz CT molecular complexity index is 1450. The molecular formula is C26H22N6O4. The monoisotopic (exact) mass is 482 g/mol. The first-order valence-corrected chi connectivity index (χ1v) is 11.6. The lowest BCUT2D eigenvalue weighted by molar-refractivity contribution is -0.644. The minimum absolute atomic E-state index is 0.109. The van der Waals surface area contributed by atoms with Gasteiger partial charge in [0.2, 0.25) is 17.6 Å². The second-order valence-electron chi connectivity index (χ2n) is 8.83. The first-order chi connectivity index (χ1) is 17.5. The van der Waals surface area contributed by atoms with Crippen LogP contribution >= 0.6 is 0 Å². The smallest absolute Gasteiger partial charge is 0.351 e. The van der Waals surface area contributed by atoms with Gasteiger partial charge in [-0.2, -0.15) is 4.99 Å². The summed E-state index contributed by atoms with van der Waals surface area (Å²) in [5, 5.41) is 11.8. The third kappa shape index (κ3) is 3.86. The number of benzene rings is 1. The number of pyridine rings is 2. The average molecular weight is 483 g/mol. The fourth-order valence-corrected chi connectivity index (χ4v) is 4.36. The van der Waals surface area contributed by atoms with Crippen molar-refractivity contribution in [3.05, 3.63) is 94.1 Å². The van der Waals surface area contributed by atoms with Crippen molar-refractivity contribution >= 4 is 29.4 Å². The first-order valence-electron chi connectivity index (χ1n) is 11.6. The highest BCUT2D eigenvalue weighted by molar-refractivity contribution is 6.14. The van der Waals surface area contributed by atoms with Crippen LogP contribution in [0.3, 0.4) is 0 Å². The Morgan fingerprint density at radius 3 is 2.47 bits per heavy atom. The van der Waals surface area contributed by atoms with Gasteiger partial charge in [-0.3, -0.25) is 5.06 Å². The summed E-state index contributed by atoms with van der Waals surface area (Å²) in [6, 6.07) is 15.9. The molecule has 0 saturated carbocycles. The molecule has 1 aromatic carbocycles. The van der Waals surface area contributed by atoms with Crippen molar-refractivity contribution < 1.29 is 19.3 Å². The average Bonchev–Trinajstić information content (AvgIpc) is 3.58. The predicted molar refractivity (Wildman–Crippen MR) is 132 cm³/mol. The Kier molecular flexibility index (Phi) is 5.39. The lowest BCUT2D eigenvalue weighted by atomic mass is 10.1. The number of hydrogen-bond acceptors (Lipinski definition) is 9. The molecule has 2 unspecified atom stereocenters. The highest BCUT2D eigenvalue weighted by Crippen LogP contribution is 2.31. The van der Waals surface area contributed by atoms with Gasteiger partial charge in [-0.25, -0.2) is 24.7 Å².